The number of nitrogens with two attached hydrogens (primary N) is 1. The maximum absolute atomic E-state index is 6.11. The molecule has 7 nitrogen and oxygen atoms in total. The molecule has 0 amide bonds. The first-order valence-corrected chi connectivity index (χ1v) is 9.38. The molecule has 27 heavy (non-hydrogen) atoms. The average molecular weight is 363 g/mol. The number of benzene rings is 1. The van der Waals surface area contributed by atoms with Crippen molar-refractivity contribution >= 4 is 11.6 Å². The highest BCUT2D eigenvalue weighted by Crippen LogP contribution is 2.13. The Morgan fingerprint density at radius 1 is 1.11 bits per heavy atom. The van der Waals surface area contributed by atoms with E-state index in [4.69, 9.17) is 5.73 Å². The molecule has 1 aliphatic heterocycles. The number of likely N-dealkylation sites (tertiary alicyclic amines) is 1. The first-order chi connectivity index (χ1) is 13.3. The van der Waals surface area contributed by atoms with Crippen LogP contribution in [0.1, 0.15) is 24.1 Å². The maximum atomic E-state index is 6.11. The number of aliphatic imine (C=N–C) groups is 1. The molecule has 3 N–H and O–H groups in total. The molecule has 140 valence electrons. The second-order valence-electron chi connectivity index (χ2n) is 6.92. The third-order valence-corrected chi connectivity index (χ3v) is 4.97. The largest absolute Gasteiger partial charge is 0.370 e. The lowest BCUT2D eigenvalue weighted by Gasteiger charge is -2.32. The summed E-state index contributed by atoms with van der Waals surface area (Å²) in [6.45, 7) is 3.63. The van der Waals surface area contributed by atoms with E-state index in [1.165, 1.54) is 5.56 Å². The van der Waals surface area contributed by atoms with Crippen LogP contribution in [0.3, 0.4) is 0 Å². The number of hydrogen-bond acceptors (Lipinski definition) is 4. The van der Waals surface area contributed by atoms with Gasteiger partial charge in [0.1, 0.15) is 0 Å². The van der Waals surface area contributed by atoms with Gasteiger partial charge in [-0.25, -0.2) is 14.5 Å². The summed E-state index contributed by atoms with van der Waals surface area (Å²) in [5.74, 6) is 0.494. The first-order valence-electron chi connectivity index (χ1n) is 9.38. The van der Waals surface area contributed by atoms with Crippen molar-refractivity contribution in [2.75, 3.05) is 13.1 Å². The number of hydrogen-bond donors (Lipinski definition) is 2. The van der Waals surface area contributed by atoms with E-state index >= 15 is 0 Å². The van der Waals surface area contributed by atoms with E-state index in [0.717, 1.165) is 43.8 Å². The third-order valence-electron chi connectivity index (χ3n) is 4.97. The molecule has 0 aliphatic carbocycles. The topological polar surface area (TPSA) is 83.8 Å². The van der Waals surface area contributed by atoms with Crippen LogP contribution in [0.25, 0.3) is 5.65 Å². The van der Waals surface area contributed by atoms with Gasteiger partial charge in [-0.1, -0.05) is 30.3 Å². The van der Waals surface area contributed by atoms with Gasteiger partial charge in [0.2, 0.25) is 0 Å². The van der Waals surface area contributed by atoms with Crippen LogP contribution in [0, 0.1) is 0 Å². The molecule has 2 aromatic heterocycles. The molecule has 4 rings (SSSR count). The molecular formula is C20H25N7. The van der Waals surface area contributed by atoms with Crippen LogP contribution < -0.4 is 11.1 Å². The van der Waals surface area contributed by atoms with E-state index < -0.39 is 0 Å². The van der Waals surface area contributed by atoms with Crippen molar-refractivity contribution in [3.05, 3.63) is 66.1 Å². The van der Waals surface area contributed by atoms with Crippen molar-refractivity contribution in [3.8, 4) is 0 Å². The van der Waals surface area contributed by atoms with Gasteiger partial charge < -0.3 is 11.1 Å². The normalized spacial score (nSPS) is 16.7. The SMILES string of the molecule is NC(=NCc1ccnc2ccnn12)NC1CCN(Cc2ccccc2)CC1. The molecule has 1 aliphatic rings. The fourth-order valence-electron chi connectivity index (χ4n) is 3.50. The summed E-state index contributed by atoms with van der Waals surface area (Å²) >= 11 is 0. The number of nitrogens with zero attached hydrogens (tertiary/aromatic N) is 5. The molecule has 1 fully saturated rings. The van der Waals surface area contributed by atoms with Crippen LogP contribution in [-0.4, -0.2) is 44.6 Å². The predicted octanol–water partition coefficient (Wildman–Crippen LogP) is 1.80. The lowest BCUT2D eigenvalue weighted by atomic mass is 10.0. The molecular weight excluding hydrogens is 338 g/mol. The Labute approximate surface area is 158 Å². The second-order valence-corrected chi connectivity index (χ2v) is 6.92. The number of piperidine rings is 1. The third kappa shape index (κ3) is 4.43. The standard InChI is InChI=1S/C20H25N7/c21-20(23-14-18-6-10-22-19-7-11-24-27(18)19)25-17-8-12-26(13-9-17)15-16-4-2-1-3-5-16/h1-7,10-11,17H,8-9,12-15H2,(H3,21,23,25). The smallest absolute Gasteiger partial charge is 0.189 e. The summed E-state index contributed by atoms with van der Waals surface area (Å²) in [5, 5.41) is 7.64. The van der Waals surface area contributed by atoms with E-state index in [-0.39, 0.29) is 0 Å². The molecule has 0 unspecified atom stereocenters. The van der Waals surface area contributed by atoms with Gasteiger partial charge in [-0.3, -0.25) is 4.90 Å². The Kier molecular flexibility index (Phi) is 5.29. The Hall–Kier alpha value is -2.93. The first kappa shape index (κ1) is 17.5. The van der Waals surface area contributed by atoms with Crippen LogP contribution in [0.4, 0.5) is 0 Å². The second kappa shape index (κ2) is 8.18. The number of guanidine groups is 1. The number of rotatable bonds is 5. The predicted molar refractivity (Wildman–Crippen MR) is 106 cm³/mol. The van der Waals surface area contributed by atoms with Crippen molar-refractivity contribution in [3.63, 3.8) is 0 Å². The minimum Gasteiger partial charge on any atom is -0.370 e. The lowest BCUT2D eigenvalue weighted by Crippen LogP contribution is -2.46. The van der Waals surface area contributed by atoms with Gasteiger partial charge in [-0.15, -0.1) is 0 Å². The van der Waals surface area contributed by atoms with E-state index in [0.29, 0.717) is 18.5 Å². The highest BCUT2D eigenvalue weighted by Gasteiger charge is 2.19. The quantitative estimate of drug-likeness (QED) is 0.533. The molecule has 0 spiro atoms. The molecule has 3 heterocycles. The van der Waals surface area contributed by atoms with Crippen molar-refractivity contribution in [1.82, 2.24) is 24.8 Å². The van der Waals surface area contributed by atoms with E-state index in [9.17, 15) is 0 Å². The zero-order valence-electron chi connectivity index (χ0n) is 15.3. The van der Waals surface area contributed by atoms with Gasteiger partial charge in [0, 0.05) is 37.9 Å². The van der Waals surface area contributed by atoms with Gasteiger partial charge in [0.05, 0.1) is 18.4 Å². The highest BCUT2D eigenvalue weighted by molar-refractivity contribution is 5.78. The number of fused-ring (bicyclic) bond motifs is 1. The average Bonchev–Trinajstić information content (AvgIpc) is 3.18. The summed E-state index contributed by atoms with van der Waals surface area (Å²) in [5.41, 5.74) is 9.26. The maximum Gasteiger partial charge on any atom is 0.189 e. The van der Waals surface area contributed by atoms with Crippen LogP contribution in [0.2, 0.25) is 0 Å². The van der Waals surface area contributed by atoms with Crippen molar-refractivity contribution in [2.45, 2.75) is 32.0 Å². The van der Waals surface area contributed by atoms with Crippen LogP contribution in [0.5, 0.6) is 0 Å². The molecule has 0 saturated carbocycles. The zero-order valence-corrected chi connectivity index (χ0v) is 15.3. The van der Waals surface area contributed by atoms with Crippen molar-refractivity contribution in [1.29, 1.82) is 0 Å². The van der Waals surface area contributed by atoms with E-state index in [1.807, 2.05) is 12.1 Å². The van der Waals surface area contributed by atoms with Crippen LogP contribution in [-0.2, 0) is 13.1 Å². The molecule has 7 heteroatoms. The summed E-state index contributed by atoms with van der Waals surface area (Å²) in [7, 11) is 0. The number of nitrogens with one attached hydrogen (secondary N) is 1. The van der Waals surface area contributed by atoms with Crippen molar-refractivity contribution < 1.29 is 0 Å². The van der Waals surface area contributed by atoms with Gasteiger partial charge in [-0.05, 0) is 24.5 Å². The minimum atomic E-state index is 0.378. The number of aromatic nitrogens is 3. The van der Waals surface area contributed by atoms with Crippen molar-refractivity contribution in [2.24, 2.45) is 10.7 Å². The summed E-state index contributed by atoms with van der Waals surface area (Å²) < 4.78 is 1.79. The molecule has 0 radical (unpaired) electrons. The Bertz CT molecular complexity index is 895. The van der Waals surface area contributed by atoms with Crippen LogP contribution in [0.15, 0.2) is 59.9 Å². The molecule has 1 saturated heterocycles. The Morgan fingerprint density at radius 2 is 1.93 bits per heavy atom. The summed E-state index contributed by atoms with van der Waals surface area (Å²) in [4.78, 5) is 11.2. The fraction of sp³-hybridized carbons (Fsp3) is 0.350. The van der Waals surface area contributed by atoms with Gasteiger partial charge in [0.25, 0.3) is 0 Å². The van der Waals surface area contributed by atoms with Gasteiger partial charge in [-0.2, -0.15) is 5.10 Å². The molecule has 0 bridgehead atoms. The van der Waals surface area contributed by atoms with E-state index in [2.05, 4.69) is 55.6 Å². The van der Waals surface area contributed by atoms with Gasteiger partial charge in [0.15, 0.2) is 11.6 Å². The highest BCUT2D eigenvalue weighted by atomic mass is 15.3. The Balaban J connectivity index is 1.27. The monoisotopic (exact) mass is 363 g/mol. The van der Waals surface area contributed by atoms with E-state index in [1.54, 1.807) is 16.9 Å². The molecule has 0 atom stereocenters. The molecule has 3 aromatic rings. The molecule has 1 aromatic carbocycles. The summed E-state index contributed by atoms with van der Waals surface area (Å²) in [6.07, 6.45) is 5.65. The fourth-order valence-corrected chi connectivity index (χ4v) is 3.50. The Morgan fingerprint density at radius 3 is 2.74 bits per heavy atom. The lowest BCUT2D eigenvalue weighted by molar-refractivity contribution is 0.199. The zero-order chi connectivity index (χ0) is 18.5. The van der Waals surface area contributed by atoms with Crippen LogP contribution >= 0.6 is 0 Å². The van der Waals surface area contributed by atoms with Gasteiger partial charge >= 0.3 is 0 Å². The minimum absolute atomic E-state index is 0.378. The summed E-state index contributed by atoms with van der Waals surface area (Å²) in [6, 6.07) is 14.8.